The zero-order valence-electron chi connectivity index (χ0n) is 14.9. The van der Waals surface area contributed by atoms with Crippen LogP contribution in [0.5, 0.6) is 5.75 Å². The number of rotatable bonds is 7. The van der Waals surface area contributed by atoms with E-state index in [0.717, 1.165) is 17.3 Å². The van der Waals surface area contributed by atoms with Gasteiger partial charge in [0.2, 0.25) is 5.16 Å². The number of carboxylic acids is 1. The Kier molecular flexibility index (Phi) is 6.09. The molecular formula is C20H16N4O3S. The minimum Gasteiger partial charge on any atom is -0.488 e. The molecule has 2 aromatic carbocycles. The van der Waals surface area contributed by atoms with E-state index in [9.17, 15) is 9.90 Å². The number of nitrogens with one attached hydrogen (secondary N) is 1. The van der Waals surface area contributed by atoms with E-state index in [4.69, 9.17) is 10.00 Å². The summed E-state index contributed by atoms with van der Waals surface area (Å²) in [6.45, 7) is 2.04. The summed E-state index contributed by atoms with van der Waals surface area (Å²) in [6, 6.07) is 16.3. The Balaban J connectivity index is 1.80. The maximum atomic E-state index is 11.6. The van der Waals surface area contributed by atoms with Crippen molar-refractivity contribution in [3.63, 3.8) is 0 Å². The van der Waals surface area contributed by atoms with Crippen LogP contribution in [0, 0.1) is 18.3 Å². The highest BCUT2D eigenvalue weighted by Crippen LogP contribution is 2.29. The van der Waals surface area contributed by atoms with Gasteiger partial charge in [-0.25, -0.2) is 9.78 Å². The van der Waals surface area contributed by atoms with Crippen LogP contribution < -0.4 is 4.74 Å². The van der Waals surface area contributed by atoms with E-state index in [-0.39, 0.29) is 4.91 Å². The number of aryl methyl sites for hydroxylation is 1. The molecule has 0 aliphatic carbocycles. The molecule has 3 aromatic rings. The van der Waals surface area contributed by atoms with Gasteiger partial charge in [-0.2, -0.15) is 5.26 Å². The van der Waals surface area contributed by atoms with Gasteiger partial charge >= 0.3 is 5.97 Å². The van der Waals surface area contributed by atoms with Gasteiger partial charge in [0.25, 0.3) is 0 Å². The Morgan fingerprint density at radius 3 is 2.68 bits per heavy atom. The minimum atomic E-state index is -1.07. The highest BCUT2D eigenvalue weighted by Gasteiger charge is 2.14. The molecular weight excluding hydrogens is 376 g/mol. The standard InChI is InChI=1S/C20H16N4O3S/c1-13-22-20(24-23-13)28-18(19(25)26)10-16-4-2-3-5-17(16)27-12-15-8-6-14(11-21)7-9-15/h2-10H,12H2,1H3,(H,25,26)(H,22,23,24)/b18-10-. The number of aliphatic carboxylic acids is 1. The van der Waals surface area contributed by atoms with Crippen molar-refractivity contribution in [2.45, 2.75) is 18.7 Å². The SMILES string of the molecule is Cc1nc(S/C(=C\c2ccccc2OCc2ccc(C#N)cc2)C(=O)O)n[nH]1. The van der Waals surface area contributed by atoms with Crippen molar-refractivity contribution in [2.24, 2.45) is 0 Å². The van der Waals surface area contributed by atoms with E-state index in [0.29, 0.717) is 34.5 Å². The number of benzene rings is 2. The molecule has 0 radical (unpaired) electrons. The molecule has 0 saturated heterocycles. The number of aromatic amines is 1. The van der Waals surface area contributed by atoms with Crippen LogP contribution in [0.3, 0.4) is 0 Å². The average molecular weight is 392 g/mol. The number of H-pyrrole nitrogens is 1. The quantitative estimate of drug-likeness (QED) is 0.465. The fourth-order valence-corrected chi connectivity index (χ4v) is 3.05. The molecule has 0 bridgehead atoms. The Morgan fingerprint density at radius 1 is 1.29 bits per heavy atom. The van der Waals surface area contributed by atoms with Crippen LogP contribution in [-0.2, 0) is 11.4 Å². The van der Waals surface area contributed by atoms with Gasteiger partial charge < -0.3 is 9.84 Å². The molecule has 28 heavy (non-hydrogen) atoms. The van der Waals surface area contributed by atoms with Crippen molar-refractivity contribution < 1.29 is 14.6 Å². The number of carboxylic acid groups (broad SMARTS) is 1. The third kappa shape index (κ3) is 4.99. The van der Waals surface area contributed by atoms with Gasteiger partial charge in [-0.05, 0) is 48.5 Å². The van der Waals surface area contributed by atoms with Crippen LogP contribution in [0.1, 0.15) is 22.5 Å². The monoisotopic (exact) mass is 392 g/mol. The van der Waals surface area contributed by atoms with Crippen LogP contribution in [0.15, 0.2) is 58.6 Å². The number of ether oxygens (including phenoxy) is 1. The average Bonchev–Trinajstić information content (AvgIpc) is 3.12. The van der Waals surface area contributed by atoms with Crippen LogP contribution in [-0.4, -0.2) is 26.3 Å². The molecule has 3 rings (SSSR count). The summed E-state index contributed by atoms with van der Waals surface area (Å²) in [5.74, 6) is 0.0881. The van der Waals surface area contributed by atoms with E-state index in [2.05, 4.69) is 21.3 Å². The summed E-state index contributed by atoms with van der Waals surface area (Å²) < 4.78 is 5.86. The number of thioether (sulfide) groups is 1. The van der Waals surface area contributed by atoms with Crippen molar-refractivity contribution in [1.29, 1.82) is 5.26 Å². The minimum absolute atomic E-state index is 0.0772. The summed E-state index contributed by atoms with van der Waals surface area (Å²) in [5.41, 5.74) is 2.12. The van der Waals surface area contributed by atoms with Crippen LogP contribution in [0.2, 0.25) is 0 Å². The lowest BCUT2D eigenvalue weighted by Crippen LogP contribution is -2.00. The summed E-state index contributed by atoms with van der Waals surface area (Å²) in [7, 11) is 0. The topological polar surface area (TPSA) is 112 Å². The second kappa shape index (κ2) is 8.88. The number of hydrogen-bond donors (Lipinski definition) is 2. The molecule has 1 heterocycles. The van der Waals surface area contributed by atoms with Crippen molar-refractivity contribution in [3.05, 3.63) is 76.0 Å². The number of para-hydroxylation sites is 1. The summed E-state index contributed by atoms with van der Waals surface area (Å²) in [5, 5.41) is 25.4. The van der Waals surface area contributed by atoms with Gasteiger partial charge in [-0.15, -0.1) is 5.10 Å². The second-order valence-corrected chi connectivity index (χ2v) is 6.76. The largest absolute Gasteiger partial charge is 0.488 e. The summed E-state index contributed by atoms with van der Waals surface area (Å²) in [6.07, 6.45) is 1.53. The lowest BCUT2D eigenvalue weighted by Gasteiger charge is -2.10. The Hall–Kier alpha value is -3.57. The van der Waals surface area contributed by atoms with Crippen molar-refractivity contribution in [2.75, 3.05) is 0 Å². The predicted molar refractivity (Wildman–Crippen MR) is 105 cm³/mol. The first-order chi connectivity index (χ1) is 13.5. The number of hydrogen-bond acceptors (Lipinski definition) is 6. The maximum Gasteiger partial charge on any atom is 0.342 e. The Morgan fingerprint density at radius 2 is 2.04 bits per heavy atom. The highest BCUT2D eigenvalue weighted by atomic mass is 32.2. The lowest BCUT2D eigenvalue weighted by atomic mass is 10.1. The molecule has 0 aliphatic rings. The van der Waals surface area contributed by atoms with Gasteiger partial charge in [-0.3, -0.25) is 5.10 Å². The van der Waals surface area contributed by atoms with E-state index < -0.39 is 5.97 Å². The highest BCUT2D eigenvalue weighted by molar-refractivity contribution is 8.04. The molecule has 0 unspecified atom stereocenters. The van der Waals surface area contributed by atoms with Crippen LogP contribution in [0.4, 0.5) is 0 Å². The smallest absolute Gasteiger partial charge is 0.342 e. The van der Waals surface area contributed by atoms with Crippen LogP contribution in [0.25, 0.3) is 6.08 Å². The van der Waals surface area contributed by atoms with Crippen molar-refractivity contribution >= 4 is 23.8 Å². The molecule has 2 N–H and O–H groups in total. The molecule has 0 aliphatic heterocycles. The first-order valence-corrected chi connectivity index (χ1v) is 9.09. The molecule has 0 fully saturated rings. The lowest BCUT2D eigenvalue weighted by molar-refractivity contribution is -0.131. The van der Waals surface area contributed by atoms with E-state index in [1.807, 2.05) is 24.3 Å². The fraction of sp³-hybridized carbons (Fsp3) is 0.100. The first kappa shape index (κ1) is 19.2. The first-order valence-electron chi connectivity index (χ1n) is 8.28. The molecule has 0 spiro atoms. The zero-order valence-corrected chi connectivity index (χ0v) is 15.7. The summed E-state index contributed by atoms with van der Waals surface area (Å²) >= 11 is 0.962. The second-order valence-electron chi connectivity index (χ2n) is 5.75. The van der Waals surface area contributed by atoms with Gasteiger partial charge in [0, 0.05) is 5.56 Å². The normalized spacial score (nSPS) is 11.1. The third-order valence-electron chi connectivity index (χ3n) is 3.67. The molecule has 0 atom stereocenters. The maximum absolute atomic E-state index is 11.6. The molecule has 1 aromatic heterocycles. The molecule has 7 nitrogen and oxygen atoms in total. The van der Waals surface area contributed by atoms with Crippen molar-refractivity contribution in [1.82, 2.24) is 15.2 Å². The van der Waals surface area contributed by atoms with E-state index >= 15 is 0 Å². The van der Waals surface area contributed by atoms with Gasteiger partial charge in [-0.1, -0.05) is 30.3 Å². The fourth-order valence-electron chi connectivity index (χ4n) is 2.31. The van der Waals surface area contributed by atoms with Gasteiger partial charge in [0.05, 0.1) is 11.6 Å². The van der Waals surface area contributed by atoms with Gasteiger partial charge in [0.1, 0.15) is 23.1 Å². The Bertz CT molecular complexity index is 1050. The molecule has 0 saturated carbocycles. The number of nitriles is 1. The van der Waals surface area contributed by atoms with Crippen molar-refractivity contribution in [3.8, 4) is 11.8 Å². The van der Waals surface area contributed by atoms with E-state index in [1.54, 1.807) is 31.2 Å². The predicted octanol–water partition coefficient (Wildman–Crippen LogP) is 3.78. The number of carbonyl (C=O) groups is 1. The summed E-state index contributed by atoms with van der Waals surface area (Å²) in [4.78, 5) is 15.8. The number of nitrogens with zero attached hydrogens (tertiary/aromatic N) is 3. The molecule has 140 valence electrons. The molecule has 8 heteroatoms. The number of aromatic nitrogens is 3. The molecule has 0 amide bonds. The third-order valence-corrected chi connectivity index (χ3v) is 4.55. The zero-order chi connectivity index (χ0) is 19.9. The van der Waals surface area contributed by atoms with Crippen LogP contribution >= 0.6 is 11.8 Å². The van der Waals surface area contributed by atoms with E-state index in [1.165, 1.54) is 6.08 Å². The Labute approximate surface area is 165 Å². The van der Waals surface area contributed by atoms with Gasteiger partial charge in [0.15, 0.2) is 0 Å².